The molecule has 19 heteroatoms. The number of anilines is 2. The molecule has 4 aromatic heterocycles. The topological polar surface area (TPSA) is 151 Å². The molecule has 2 aliphatic carbocycles. The molecule has 0 radical (unpaired) electrons. The fourth-order valence-electron chi connectivity index (χ4n) is 9.71. The van der Waals surface area contributed by atoms with Crippen LogP contribution in [0.5, 0.6) is 0 Å². The van der Waals surface area contributed by atoms with Gasteiger partial charge in [0.1, 0.15) is 12.7 Å². The minimum atomic E-state index is -1.05. The summed E-state index contributed by atoms with van der Waals surface area (Å²) in [5, 5.41) is 17.8. The van der Waals surface area contributed by atoms with Crippen LogP contribution in [0.15, 0.2) is 43.2 Å². The third kappa shape index (κ3) is 9.08. The third-order valence-corrected chi connectivity index (χ3v) is 18.1. The lowest BCUT2D eigenvalue weighted by Gasteiger charge is -2.44. The Labute approximate surface area is 387 Å². The first-order valence-electron chi connectivity index (χ1n) is 21.3. The summed E-state index contributed by atoms with van der Waals surface area (Å²) in [6, 6.07) is 6.19. The average molecular weight is 1020 g/mol. The summed E-state index contributed by atoms with van der Waals surface area (Å²) in [6.45, 7) is 15.9. The molecule has 2 saturated carbocycles. The van der Waals surface area contributed by atoms with Crippen LogP contribution in [0.25, 0.3) is 22.4 Å². The molecule has 1 aromatic carbocycles. The van der Waals surface area contributed by atoms with Crippen LogP contribution < -0.4 is 19.2 Å². The van der Waals surface area contributed by atoms with Crippen LogP contribution in [0, 0.1) is 14.4 Å². The van der Waals surface area contributed by atoms with Crippen molar-refractivity contribution in [3.63, 3.8) is 0 Å². The molecule has 2 N–H and O–H groups in total. The zero-order valence-corrected chi connectivity index (χ0v) is 41.1. The first-order chi connectivity index (χ1) is 29.0. The number of hydrogen-bond acceptors (Lipinski definition) is 10. The number of rotatable bonds is 7. The van der Waals surface area contributed by atoms with E-state index in [4.69, 9.17) is 28.2 Å². The SMILES string of the molecule is CC(C)(C)[S@@](=O)N[C@@H]1CCCC12CCN(c1ncc(-c3cccc(Cl)c3Cl)c3nncn13)CC2.CC(C)(C)[S@@](=O)N[C@@H]1CCCC12CCN(c1ncc(I)c3nncn13)CC2. The largest absolute Gasteiger partial charge is 0.342 e. The molecular formula is C42H57Cl2IN12O2S2. The lowest BCUT2D eigenvalue weighted by Crippen LogP contribution is -2.51. The van der Waals surface area contributed by atoms with E-state index in [0.717, 1.165) is 96.9 Å². The fourth-order valence-corrected chi connectivity index (χ4v) is 12.6. The predicted octanol–water partition coefficient (Wildman–Crippen LogP) is 8.21. The molecule has 2 saturated heterocycles. The van der Waals surface area contributed by atoms with Crippen LogP contribution in [0.1, 0.15) is 106 Å². The Bertz CT molecular complexity index is 2420. The van der Waals surface area contributed by atoms with Gasteiger partial charge in [0.25, 0.3) is 0 Å². The Hall–Kier alpha value is -2.55. The molecule has 6 heterocycles. The van der Waals surface area contributed by atoms with Gasteiger partial charge in [0, 0.05) is 61.8 Å². The molecule has 0 amide bonds. The van der Waals surface area contributed by atoms with Crippen molar-refractivity contribution in [2.45, 2.75) is 127 Å². The van der Waals surface area contributed by atoms with Crippen LogP contribution in [0.4, 0.5) is 11.9 Å². The van der Waals surface area contributed by atoms with Gasteiger partial charge in [-0.05, 0) is 132 Å². The van der Waals surface area contributed by atoms with Crippen molar-refractivity contribution in [2.24, 2.45) is 10.8 Å². The monoisotopic (exact) mass is 1020 g/mol. The smallest absolute Gasteiger partial charge is 0.212 e. The molecule has 61 heavy (non-hydrogen) atoms. The van der Waals surface area contributed by atoms with E-state index in [-0.39, 0.29) is 20.3 Å². The van der Waals surface area contributed by atoms with Crippen molar-refractivity contribution < 1.29 is 8.42 Å². The summed E-state index contributed by atoms with van der Waals surface area (Å²) in [5.41, 5.74) is 3.60. The maximum atomic E-state index is 12.8. The minimum Gasteiger partial charge on any atom is -0.342 e. The molecule has 0 unspecified atom stereocenters. The Morgan fingerprint density at radius 1 is 0.689 bits per heavy atom. The number of nitrogens with zero attached hydrogens (tertiary/aromatic N) is 10. The first kappa shape index (κ1) is 45.0. The average Bonchev–Trinajstić information content (AvgIpc) is 4.05. The quantitative estimate of drug-likeness (QED) is 0.153. The number of hydrogen-bond donors (Lipinski definition) is 2. The zero-order valence-electron chi connectivity index (χ0n) is 35.8. The van der Waals surface area contributed by atoms with Crippen LogP contribution in [0.3, 0.4) is 0 Å². The second-order valence-electron chi connectivity index (χ2n) is 19.1. The summed E-state index contributed by atoms with van der Waals surface area (Å²) >= 11 is 15.0. The van der Waals surface area contributed by atoms with E-state index in [1.807, 2.05) is 74.9 Å². The summed E-state index contributed by atoms with van der Waals surface area (Å²) in [7, 11) is -2.07. The molecule has 0 bridgehead atoms. The lowest BCUT2D eigenvalue weighted by atomic mass is 9.74. The number of fused-ring (bicyclic) bond motifs is 2. The Kier molecular flexibility index (Phi) is 13.1. The second-order valence-corrected chi connectivity index (χ2v) is 25.1. The van der Waals surface area contributed by atoms with Crippen LogP contribution >= 0.6 is 45.8 Å². The second kappa shape index (κ2) is 17.8. The van der Waals surface area contributed by atoms with Crippen molar-refractivity contribution in [1.29, 1.82) is 0 Å². The van der Waals surface area contributed by atoms with E-state index < -0.39 is 22.0 Å². The Balaban J connectivity index is 0.000000173. The van der Waals surface area contributed by atoms with Crippen molar-refractivity contribution in [3.8, 4) is 11.1 Å². The van der Waals surface area contributed by atoms with Gasteiger partial charge in [-0.1, -0.05) is 48.2 Å². The van der Waals surface area contributed by atoms with Gasteiger partial charge in [-0.2, -0.15) is 0 Å². The molecule has 4 aliphatic rings. The minimum absolute atomic E-state index is 0.192. The molecule has 9 rings (SSSR count). The molecule has 4 fully saturated rings. The van der Waals surface area contributed by atoms with Gasteiger partial charge < -0.3 is 9.80 Å². The molecule has 2 spiro atoms. The highest BCUT2D eigenvalue weighted by Gasteiger charge is 2.48. The van der Waals surface area contributed by atoms with Gasteiger partial charge in [-0.15, -0.1) is 20.4 Å². The third-order valence-electron chi connectivity index (χ3n) is 13.3. The Morgan fingerprint density at radius 3 is 1.67 bits per heavy atom. The highest BCUT2D eigenvalue weighted by atomic mass is 127. The molecular weight excluding hydrogens is 966 g/mol. The van der Waals surface area contributed by atoms with E-state index in [1.54, 1.807) is 18.7 Å². The number of halogens is 3. The van der Waals surface area contributed by atoms with Crippen molar-refractivity contribution in [3.05, 3.63) is 56.9 Å². The first-order valence-corrected chi connectivity index (χ1v) is 25.5. The van der Waals surface area contributed by atoms with Gasteiger partial charge in [-0.3, -0.25) is 8.80 Å². The summed E-state index contributed by atoms with van der Waals surface area (Å²) < 4.78 is 36.8. The predicted molar refractivity (Wildman–Crippen MR) is 255 cm³/mol. The zero-order chi connectivity index (χ0) is 43.3. The van der Waals surface area contributed by atoms with Crippen LogP contribution in [0.2, 0.25) is 10.0 Å². The van der Waals surface area contributed by atoms with E-state index >= 15 is 0 Å². The molecule has 14 nitrogen and oxygen atoms in total. The van der Waals surface area contributed by atoms with E-state index in [9.17, 15) is 8.42 Å². The summed E-state index contributed by atoms with van der Waals surface area (Å²) in [5.74, 6) is 1.75. The summed E-state index contributed by atoms with van der Waals surface area (Å²) in [6.07, 6.45) is 18.4. The molecule has 330 valence electrons. The normalized spacial score (nSPS) is 22.6. The highest BCUT2D eigenvalue weighted by molar-refractivity contribution is 14.1. The van der Waals surface area contributed by atoms with E-state index in [1.165, 1.54) is 25.7 Å². The van der Waals surface area contributed by atoms with Crippen molar-refractivity contribution >= 4 is 91.0 Å². The maximum Gasteiger partial charge on any atom is 0.212 e. The van der Waals surface area contributed by atoms with Crippen LogP contribution in [-0.2, 0) is 22.0 Å². The van der Waals surface area contributed by atoms with Gasteiger partial charge >= 0.3 is 0 Å². The fraction of sp³-hybridized carbons (Fsp3) is 0.619. The maximum absolute atomic E-state index is 12.8. The molecule has 5 aromatic rings. The van der Waals surface area contributed by atoms with Crippen molar-refractivity contribution in [1.82, 2.24) is 48.6 Å². The van der Waals surface area contributed by atoms with Gasteiger partial charge in [-0.25, -0.2) is 27.8 Å². The van der Waals surface area contributed by atoms with Gasteiger partial charge in [0.2, 0.25) is 11.9 Å². The van der Waals surface area contributed by atoms with Gasteiger partial charge in [0.15, 0.2) is 11.3 Å². The standard InChI is InChI=1S/C24H30Cl2N6OS.C18H27IN6OS/c1-23(2,3)34(33)30-19-8-5-9-24(19)10-12-31(13-11-24)22-27-14-17(21-29-28-15-32(21)22)16-6-4-7-18(25)20(16)26;1-17(2,3)27(26)23-14-5-4-6-18(14)7-9-24(10-8-18)16-20-11-13(19)15-22-21-12-25(15)16/h4,6-7,14-15,19,30H,5,8-13H2,1-3H3;11-12,14,23H,4-10H2,1-3H3/t19-,34-;14-,27-/m11/s1. The Morgan fingerprint density at radius 2 is 1.16 bits per heavy atom. The number of benzene rings is 1. The lowest BCUT2D eigenvalue weighted by molar-refractivity contribution is 0.187. The number of aromatic nitrogens is 8. The number of nitrogens with one attached hydrogen (secondary N) is 2. The molecule has 4 atom stereocenters. The van der Waals surface area contributed by atoms with E-state index in [2.05, 4.69) is 67.2 Å². The van der Waals surface area contributed by atoms with Crippen molar-refractivity contribution in [2.75, 3.05) is 36.0 Å². The van der Waals surface area contributed by atoms with Crippen LogP contribution in [-0.4, -0.2) is 95.3 Å². The van der Waals surface area contributed by atoms with Gasteiger partial charge in [0.05, 0.1) is 45.1 Å². The summed E-state index contributed by atoms with van der Waals surface area (Å²) in [4.78, 5) is 14.1. The molecule has 2 aliphatic heterocycles. The highest BCUT2D eigenvalue weighted by Crippen LogP contribution is 2.49. The number of piperidine rings is 2. The van der Waals surface area contributed by atoms with E-state index in [0.29, 0.717) is 27.8 Å².